The van der Waals surface area contributed by atoms with Gasteiger partial charge in [-0.3, -0.25) is 4.79 Å². The Morgan fingerprint density at radius 1 is 1.43 bits per heavy atom. The molecular formula is C16H24N4O. The summed E-state index contributed by atoms with van der Waals surface area (Å²) in [5.74, 6) is 0.394. The molecule has 5 nitrogen and oxygen atoms in total. The van der Waals surface area contributed by atoms with E-state index in [1.807, 2.05) is 24.5 Å². The third-order valence-electron chi connectivity index (χ3n) is 3.81. The Bertz CT molecular complexity index is 574. The lowest BCUT2D eigenvalue weighted by molar-refractivity contribution is -0.122. The molecule has 0 spiro atoms. The van der Waals surface area contributed by atoms with Gasteiger partial charge in [0.05, 0.1) is 17.4 Å². The third kappa shape index (κ3) is 4.29. The number of nitrogens with one attached hydrogen (secondary N) is 1. The quantitative estimate of drug-likeness (QED) is 0.729. The van der Waals surface area contributed by atoms with Crippen LogP contribution in [-0.2, 0) is 11.3 Å². The van der Waals surface area contributed by atoms with E-state index >= 15 is 0 Å². The Hall–Kier alpha value is -1.88. The molecule has 0 saturated carbocycles. The minimum absolute atomic E-state index is 0.0998. The lowest BCUT2D eigenvalue weighted by atomic mass is 10.0. The molecule has 0 bridgehead atoms. The zero-order valence-electron chi connectivity index (χ0n) is 12.6. The maximum Gasteiger partial charge on any atom is 0.220 e. The Morgan fingerprint density at radius 3 is 3.00 bits per heavy atom. The second kappa shape index (κ2) is 7.78. The van der Waals surface area contributed by atoms with Crippen molar-refractivity contribution in [2.75, 3.05) is 13.1 Å². The minimum atomic E-state index is 0.0998. The van der Waals surface area contributed by atoms with E-state index in [0.29, 0.717) is 25.4 Å². The van der Waals surface area contributed by atoms with Crippen molar-refractivity contribution in [1.29, 1.82) is 0 Å². The highest BCUT2D eigenvalue weighted by atomic mass is 16.1. The van der Waals surface area contributed by atoms with Gasteiger partial charge in [-0.15, -0.1) is 0 Å². The summed E-state index contributed by atoms with van der Waals surface area (Å²) >= 11 is 0. The van der Waals surface area contributed by atoms with Crippen LogP contribution in [0, 0.1) is 5.92 Å². The van der Waals surface area contributed by atoms with Gasteiger partial charge in [-0.1, -0.05) is 25.5 Å². The van der Waals surface area contributed by atoms with Gasteiger partial charge in [-0.25, -0.2) is 4.98 Å². The largest absolute Gasteiger partial charge is 0.356 e. The second-order valence-electron chi connectivity index (χ2n) is 5.34. The summed E-state index contributed by atoms with van der Waals surface area (Å²) in [6.07, 6.45) is 4.23. The summed E-state index contributed by atoms with van der Waals surface area (Å²) in [5.41, 5.74) is 7.76. The van der Waals surface area contributed by atoms with Gasteiger partial charge >= 0.3 is 0 Å². The highest BCUT2D eigenvalue weighted by Gasteiger charge is 2.09. The Balaban J connectivity index is 1.73. The standard InChI is InChI=1S/C16H24N4O/c1-2-13(11-17)10-16(21)18-8-5-9-20-12-19-14-6-3-4-7-15(14)20/h3-4,6-7,12-13H,2,5,8-11,17H2,1H3,(H,18,21). The molecule has 0 radical (unpaired) electrons. The van der Waals surface area contributed by atoms with Crippen molar-refractivity contribution in [1.82, 2.24) is 14.9 Å². The number of nitrogens with zero attached hydrogens (tertiary/aromatic N) is 2. The number of imidazole rings is 1. The molecule has 1 aromatic carbocycles. The molecule has 1 aromatic heterocycles. The van der Waals surface area contributed by atoms with Gasteiger partial charge in [0.15, 0.2) is 0 Å². The molecule has 2 rings (SSSR count). The SMILES string of the molecule is CCC(CN)CC(=O)NCCCn1cnc2ccccc21. The van der Waals surface area contributed by atoms with Gasteiger partial charge in [0, 0.05) is 19.5 Å². The number of carbonyl (C=O) groups excluding carboxylic acids is 1. The molecule has 1 amide bonds. The van der Waals surface area contributed by atoms with E-state index in [0.717, 1.165) is 30.4 Å². The first kappa shape index (κ1) is 15.5. The maximum absolute atomic E-state index is 11.8. The van der Waals surface area contributed by atoms with Crippen molar-refractivity contribution < 1.29 is 4.79 Å². The molecule has 2 aromatic rings. The Morgan fingerprint density at radius 2 is 2.24 bits per heavy atom. The highest BCUT2D eigenvalue weighted by molar-refractivity contribution is 5.76. The number of hydrogen-bond acceptors (Lipinski definition) is 3. The number of nitrogens with two attached hydrogens (primary N) is 1. The van der Waals surface area contributed by atoms with E-state index in [1.54, 1.807) is 0 Å². The van der Waals surface area contributed by atoms with Crippen molar-refractivity contribution in [3.05, 3.63) is 30.6 Å². The molecule has 0 aliphatic rings. The van der Waals surface area contributed by atoms with Crippen LogP contribution in [0.3, 0.4) is 0 Å². The molecule has 5 heteroatoms. The van der Waals surface area contributed by atoms with E-state index in [4.69, 9.17) is 5.73 Å². The fraction of sp³-hybridized carbons (Fsp3) is 0.500. The number of fused-ring (bicyclic) bond motifs is 1. The third-order valence-corrected chi connectivity index (χ3v) is 3.81. The molecule has 0 fully saturated rings. The summed E-state index contributed by atoms with van der Waals surface area (Å²) in [6.45, 7) is 4.18. The average Bonchev–Trinajstić information content (AvgIpc) is 2.92. The summed E-state index contributed by atoms with van der Waals surface area (Å²) < 4.78 is 2.12. The number of benzene rings is 1. The molecule has 0 aliphatic heterocycles. The first-order chi connectivity index (χ1) is 10.2. The predicted molar refractivity (Wildman–Crippen MR) is 84.8 cm³/mol. The zero-order valence-corrected chi connectivity index (χ0v) is 12.6. The molecule has 1 heterocycles. The van der Waals surface area contributed by atoms with Crippen LogP contribution in [0.4, 0.5) is 0 Å². The summed E-state index contributed by atoms with van der Waals surface area (Å²) in [6, 6.07) is 8.07. The molecule has 21 heavy (non-hydrogen) atoms. The lowest BCUT2D eigenvalue weighted by Crippen LogP contribution is -2.29. The smallest absolute Gasteiger partial charge is 0.220 e. The van der Waals surface area contributed by atoms with E-state index in [9.17, 15) is 4.79 Å². The number of carbonyl (C=O) groups is 1. The molecule has 3 N–H and O–H groups in total. The predicted octanol–water partition coefficient (Wildman–Crippen LogP) is 1.92. The van der Waals surface area contributed by atoms with Crippen LogP contribution >= 0.6 is 0 Å². The van der Waals surface area contributed by atoms with E-state index in [1.165, 1.54) is 0 Å². The summed E-state index contributed by atoms with van der Waals surface area (Å²) in [5, 5.41) is 2.96. The zero-order chi connectivity index (χ0) is 15.1. The van der Waals surface area contributed by atoms with Crippen molar-refractivity contribution in [2.24, 2.45) is 11.7 Å². The van der Waals surface area contributed by atoms with Crippen LogP contribution in [0.5, 0.6) is 0 Å². The van der Waals surface area contributed by atoms with Crippen LogP contribution in [0.15, 0.2) is 30.6 Å². The highest BCUT2D eigenvalue weighted by Crippen LogP contribution is 2.12. The van der Waals surface area contributed by atoms with E-state index < -0.39 is 0 Å². The lowest BCUT2D eigenvalue weighted by Gasteiger charge is -2.12. The van der Waals surface area contributed by atoms with Gasteiger partial charge in [0.25, 0.3) is 0 Å². The number of aromatic nitrogens is 2. The molecule has 114 valence electrons. The van der Waals surface area contributed by atoms with Crippen molar-refractivity contribution in [2.45, 2.75) is 32.7 Å². The van der Waals surface area contributed by atoms with E-state index in [2.05, 4.69) is 27.9 Å². The molecule has 1 unspecified atom stereocenters. The number of hydrogen-bond donors (Lipinski definition) is 2. The molecule has 0 aliphatic carbocycles. The first-order valence-electron chi connectivity index (χ1n) is 7.61. The number of para-hydroxylation sites is 2. The van der Waals surface area contributed by atoms with Crippen LogP contribution in [0.25, 0.3) is 11.0 Å². The van der Waals surface area contributed by atoms with Crippen molar-refractivity contribution in [3.63, 3.8) is 0 Å². The van der Waals surface area contributed by atoms with Gasteiger partial charge in [0.2, 0.25) is 5.91 Å². The summed E-state index contributed by atoms with van der Waals surface area (Å²) in [4.78, 5) is 16.1. The van der Waals surface area contributed by atoms with Crippen molar-refractivity contribution >= 4 is 16.9 Å². The normalized spacial score (nSPS) is 12.5. The Labute approximate surface area is 125 Å². The topological polar surface area (TPSA) is 72.9 Å². The monoisotopic (exact) mass is 288 g/mol. The molecule has 0 saturated heterocycles. The number of aryl methyl sites for hydroxylation is 1. The van der Waals surface area contributed by atoms with Gasteiger partial charge in [-0.05, 0) is 31.0 Å². The minimum Gasteiger partial charge on any atom is -0.356 e. The fourth-order valence-corrected chi connectivity index (χ4v) is 2.39. The van der Waals surface area contributed by atoms with Crippen LogP contribution in [-0.4, -0.2) is 28.5 Å². The van der Waals surface area contributed by atoms with Crippen molar-refractivity contribution in [3.8, 4) is 0 Å². The van der Waals surface area contributed by atoms with Gasteiger partial charge in [-0.2, -0.15) is 0 Å². The van der Waals surface area contributed by atoms with E-state index in [-0.39, 0.29) is 5.91 Å². The number of amides is 1. The second-order valence-corrected chi connectivity index (χ2v) is 5.34. The average molecular weight is 288 g/mol. The van der Waals surface area contributed by atoms with Crippen LogP contribution < -0.4 is 11.1 Å². The molecule has 1 atom stereocenters. The molecular weight excluding hydrogens is 264 g/mol. The maximum atomic E-state index is 11.8. The Kier molecular flexibility index (Phi) is 5.75. The van der Waals surface area contributed by atoms with Crippen LogP contribution in [0.1, 0.15) is 26.2 Å². The van der Waals surface area contributed by atoms with Gasteiger partial charge in [0.1, 0.15) is 0 Å². The number of rotatable bonds is 8. The first-order valence-corrected chi connectivity index (χ1v) is 7.61. The van der Waals surface area contributed by atoms with Crippen LogP contribution in [0.2, 0.25) is 0 Å². The fourth-order valence-electron chi connectivity index (χ4n) is 2.39. The van der Waals surface area contributed by atoms with Gasteiger partial charge < -0.3 is 15.6 Å². The summed E-state index contributed by atoms with van der Waals surface area (Å²) in [7, 11) is 0.